The lowest BCUT2D eigenvalue weighted by atomic mass is 9.98. The van der Waals surface area contributed by atoms with Gasteiger partial charge in [0.15, 0.2) is 0 Å². The number of hydrogen-bond acceptors (Lipinski definition) is 5. The summed E-state index contributed by atoms with van der Waals surface area (Å²) >= 11 is 7.27. The maximum atomic E-state index is 13.1. The number of imide groups is 1. The minimum absolute atomic E-state index is 0.0316. The van der Waals surface area contributed by atoms with Crippen LogP contribution in [0.1, 0.15) is 45.0 Å². The monoisotopic (exact) mass is 455 g/mol. The van der Waals surface area contributed by atoms with E-state index in [4.69, 9.17) is 16.3 Å². The lowest BCUT2D eigenvalue weighted by Gasteiger charge is -2.29. The van der Waals surface area contributed by atoms with Gasteiger partial charge in [0.2, 0.25) is 5.91 Å². The Kier molecular flexibility index (Phi) is 5.33. The number of anilines is 1. The minimum atomic E-state index is -1.21. The topological polar surface area (TPSA) is 83.9 Å². The highest BCUT2D eigenvalue weighted by molar-refractivity contribution is 7.12. The van der Waals surface area contributed by atoms with Gasteiger partial charge in [0.25, 0.3) is 5.91 Å². The van der Waals surface area contributed by atoms with E-state index in [0.29, 0.717) is 11.3 Å². The van der Waals surface area contributed by atoms with Gasteiger partial charge < -0.3 is 9.84 Å². The lowest BCUT2D eigenvalue weighted by Crippen LogP contribution is -2.42. The summed E-state index contributed by atoms with van der Waals surface area (Å²) in [6.07, 6.45) is -0.0816. The number of rotatable bonds is 5. The highest BCUT2D eigenvalue weighted by Crippen LogP contribution is 2.38. The number of thiophene rings is 1. The van der Waals surface area contributed by atoms with Gasteiger partial charge in [0.1, 0.15) is 16.2 Å². The molecule has 1 N–H and O–H groups in total. The van der Waals surface area contributed by atoms with Crippen LogP contribution in [0.5, 0.6) is 5.75 Å². The van der Waals surface area contributed by atoms with Crippen molar-refractivity contribution in [3.8, 4) is 5.75 Å². The quantitative estimate of drug-likeness (QED) is 0.538. The van der Waals surface area contributed by atoms with Crippen LogP contribution in [0.25, 0.3) is 0 Å². The van der Waals surface area contributed by atoms with E-state index in [-0.39, 0.29) is 27.6 Å². The third kappa shape index (κ3) is 3.82. The summed E-state index contributed by atoms with van der Waals surface area (Å²) in [6.45, 7) is 3.81. The number of carboxylic acid groups (broad SMARTS) is 1. The van der Waals surface area contributed by atoms with Crippen molar-refractivity contribution in [1.82, 2.24) is 0 Å². The second-order valence-electron chi connectivity index (χ2n) is 7.57. The zero-order valence-electron chi connectivity index (χ0n) is 16.7. The molecule has 0 atom stereocenters. The Hall–Kier alpha value is -3.16. The molecule has 6 nitrogen and oxygen atoms in total. The number of carbonyl (C=O) groups excluding carboxylic acids is 2. The van der Waals surface area contributed by atoms with E-state index in [9.17, 15) is 19.5 Å². The average molecular weight is 456 g/mol. The molecule has 1 aliphatic rings. The van der Waals surface area contributed by atoms with Gasteiger partial charge in [-0.2, -0.15) is 0 Å². The van der Waals surface area contributed by atoms with Gasteiger partial charge in [-0.15, -0.1) is 11.3 Å². The second kappa shape index (κ2) is 7.83. The SMILES string of the molecule is CC(C)(Oc1ccc(Cl)c(N2C(=O)Cc3csc(C(=O)O)c3C2=O)c1)c1ccccc1. The molecule has 0 aliphatic carbocycles. The van der Waals surface area contributed by atoms with E-state index >= 15 is 0 Å². The van der Waals surface area contributed by atoms with E-state index in [1.807, 2.05) is 44.2 Å². The minimum Gasteiger partial charge on any atom is -0.483 e. The largest absolute Gasteiger partial charge is 0.483 e. The molecule has 0 radical (unpaired) electrons. The standard InChI is InChI=1S/C23H18ClNO5S/c1-23(2,14-6-4-3-5-7-14)30-15-8-9-16(24)17(11-15)25-18(26)10-13-12-31-20(22(28)29)19(13)21(25)27/h3-9,11-12H,10H2,1-2H3,(H,28,29). The van der Waals surface area contributed by atoms with Crippen molar-refractivity contribution >= 4 is 46.4 Å². The van der Waals surface area contributed by atoms with Gasteiger partial charge in [-0.25, -0.2) is 9.69 Å². The number of halogens is 1. The van der Waals surface area contributed by atoms with Crippen LogP contribution < -0.4 is 9.64 Å². The maximum absolute atomic E-state index is 13.1. The van der Waals surface area contributed by atoms with Crippen LogP contribution in [0.15, 0.2) is 53.9 Å². The van der Waals surface area contributed by atoms with Gasteiger partial charge in [-0.3, -0.25) is 9.59 Å². The third-order valence-corrected chi connectivity index (χ3v) is 6.41. The van der Waals surface area contributed by atoms with E-state index in [1.165, 1.54) is 11.4 Å². The Labute approximate surface area is 187 Å². The number of benzene rings is 2. The molecule has 1 aromatic heterocycles. The molecular formula is C23H18ClNO5S. The van der Waals surface area contributed by atoms with Crippen LogP contribution in [0.4, 0.5) is 5.69 Å². The maximum Gasteiger partial charge on any atom is 0.346 e. The van der Waals surface area contributed by atoms with Crippen molar-refractivity contribution < 1.29 is 24.2 Å². The number of hydrogen-bond donors (Lipinski definition) is 1. The van der Waals surface area contributed by atoms with Crippen LogP contribution in [0, 0.1) is 0 Å². The molecular weight excluding hydrogens is 438 g/mol. The fraction of sp³-hybridized carbons (Fsp3) is 0.174. The summed E-state index contributed by atoms with van der Waals surface area (Å²) < 4.78 is 6.16. The van der Waals surface area contributed by atoms with Crippen molar-refractivity contribution in [1.29, 1.82) is 0 Å². The van der Waals surface area contributed by atoms with Crippen LogP contribution in [-0.2, 0) is 16.8 Å². The molecule has 2 heterocycles. The molecule has 8 heteroatoms. The molecule has 0 saturated heterocycles. The first kappa shape index (κ1) is 21.1. The van der Waals surface area contributed by atoms with Crippen molar-refractivity contribution in [2.24, 2.45) is 0 Å². The van der Waals surface area contributed by atoms with Crippen molar-refractivity contribution in [3.63, 3.8) is 0 Å². The number of aromatic carboxylic acids is 1. The number of carbonyl (C=O) groups is 3. The molecule has 0 fully saturated rings. The Bertz CT molecular complexity index is 1200. The van der Waals surface area contributed by atoms with Crippen LogP contribution in [-0.4, -0.2) is 22.9 Å². The predicted octanol–water partition coefficient (Wildman–Crippen LogP) is 5.14. The predicted molar refractivity (Wildman–Crippen MR) is 118 cm³/mol. The summed E-state index contributed by atoms with van der Waals surface area (Å²) in [6, 6.07) is 14.4. The Morgan fingerprint density at radius 3 is 2.55 bits per heavy atom. The molecule has 4 rings (SSSR count). The fourth-order valence-electron chi connectivity index (χ4n) is 3.55. The molecule has 158 valence electrons. The van der Waals surface area contributed by atoms with Gasteiger partial charge in [-0.05, 0) is 42.5 Å². The molecule has 3 aromatic rings. The van der Waals surface area contributed by atoms with Crippen molar-refractivity contribution in [2.75, 3.05) is 4.90 Å². The lowest BCUT2D eigenvalue weighted by molar-refractivity contribution is -0.117. The number of carboxylic acids is 1. The highest BCUT2D eigenvalue weighted by Gasteiger charge is 2.38. The number of ether oxygens (including phenoxy) is 1. The summed E-state index contributed by atoms with van der Waals surface area (Å²) in [5.41, 5.74) is 0.877. The second-order valence-corrected chi connectivity index (χ2v) is 8.86. The first-order valence-corrected chi connectivity index (χ1v) is 10.7. The van der Waals surface area contributed by atoms with E-state index in [1.54, 1.807) is 12.1 Å². The average Bonchev–Trinajstić information content (AvgIpc) is 3.15. The highest BCUT2D eigenvalue weighted by atomic mass is 35.5. The van der Waals surface area contributed by atoms with Gasteiger partial charge >= 0.3 is 5.97 Å². The van der Waals surface area contributed by atoms with Crippen molar-refractivity contribution in [3.05, 3.63) is 80.5 Å². The number of fused-ring (bicyclic) bond motifs is 1. The van der Waals surface area contributed by atoms with Crippen LogP contribution in [0.3, 0.4) is 0 Å². The third-order valence-electron chi connectivity index (χ3n) is 5.07. The van der Waals surface area contributed by atoms with Gasteiger partial charge in [-0.1, -0.05) is 41.9 Å². The summed E-state index contributed by atoms with van der Waals surface area (Å²) in [5.74, 6) is -1.97. The normalized spacial score (nSPS) is 13.8. The van der Waals surface area contributed by atoms with E-state index in [0.717, 1.165) is 21.8 Å². The Balaban J connectivity index is 1.72. The van der Waals surface area contributed by atoms with E-state index < -0.39 is 23.4 Å². The summed E-state index contributed by atoms with van der Waals surface area (Å²) in [4.78, 5) is 38.3. The van der Waals surface area contributed by atoms with Gasteiger partial charge in [0.05, 0.1) is 22.7 Å². The Morgan fingerprint density at radius 2 is 1.87 bits per heavy atom. The molecule has 31 heavy (non-hydrogen) atoms. The molecule has 0 bridgehead atoms. The summed E-state index contributed by atoms with van der Waals surface area (Å²) in [5, 5.41) is 11.1. The summed E-state index contributed by atoms with van der Waals surface area (Å²) in [7, 11) is 0. The Morgan fingerprint density at radius 1 is 1.16 bits per heavy atom. The first-order chi connectivity index (χ1) is 14.7. The molecule has 2 amide bonds. The zero-order valence-corrected chi connectivity index (χ0v) is 18.3. The number of nitrogens with zero attached hydrogens (tertiary/aromatic N) is 1. The molecule has 1 aliphatic heterocycles. The fourth-order valence-corrected chi connectivity index (χ4v) is 4.65. The molecule has 0 saturated carbocycles. The van der Waals surface area contributed by atoms with Crippen LogP contribution in [0.2, 0.25) is 5.02 Å². The molecule has 2 aromatic carbocycles. The van der Waals surface area contributed by atoms with Crippen molar-refractivity contribution in [2.45, 2.75) is 25.9 Å². The van der Waals surface area contributed by atoms with E-state index in [2.05, 4.69) is 0 Å². The van der Waals surface area contributed by atoms with Crippen LogP contribution >= 0.6 is 22.9 Å². The van der Waals surface area contributed by atoms with Gasteiger partial charge in [0, 0.05) is 6.07 Å². The number of amides is 2. The molecule has 0 spiro atoms. The molecule has 0 unspecified atom stereocenters. The zero-order chi connectivity index (χ0) is 22.3. The smallest absolute Gasteiger partial charge is 0.346 e. The first-order valence-electron chi connectivity index (χ1n) is 9.44.